The maximum Gasteiger partial charge on any atom is 0.412 e. The maximum absolute atomic E-state index is 12.4. The Morgan fingerprint density at radius 3 is 2.42 bits per heavy atom. The molecule has 0 saturated carbocycles. The molecule has 6 heteroatoms. The average Bonchev–Trinajstić information content (AvgIpc) is 2.46. The van der Waals surface area contributed by atoms with Gasteiger partial charge in [-0.25, -0.2) is 4.79 Å². The van der Waals surface area contributed by atoms with Gasteiger partial charge in [-0.1, -0.05) is 22.6 Å². The molecule has 1 saturated heterocycles. The third-order valence-corrected chi connectivity index (χ3v) is 3.76. The van der Waals surface area contributed by atoms with Crippen molar-refractivity contribution in [1.82, 2.24) is 4.90 Å². The van der Waals surface area contributed by atoms with Gasteiger partial charge in [-0.05, 0) is 34.6 Å². The van der Waals surface area contributed by atoms with E-state index in [-0.39, 0.29) is 18.2 Å². The second kappa shape index (κ2) is 6.13. The van der Waals surface area contributed by atoms with Gasteiger partial charge in [0.15, 0.2) is 0 Å². The van der Waals surface area contributed by atoms with Crippen LogP contribution in [0.3, 0.4) is 0 Å². The Kier molecular flexibility index (Phi) is 5.48. The summed E-state index contributed by atoms with van der Waals surface area (Å²) in [5.41, 5.74) is -1.19. The molecular weight excluding hydrogens is 361 g/mol. The molecule has 1 amide bonds. The molecule has 0 aliphatic carbocycles. The van der Waals surface area contributed by atoms with Crippen molar-refractivity contribution in [1.29, 1.82) is 0 Å². The largest absolute Gasteiger partial charge is 0.444 e. The lowest BCUT2D eigenvalue weighted by Crippen LogP contribution is -2.51. The first kappa shape index (κ1) is 17.0. The first-order valence-electron chi connectivity index (χ1n) is 6.37. The summed E-state index contributed by atoms with van der Waals surface area (Å²) in [6.07, 6.45) is -0.456. The number of carbonyl (C=O) groups excluding carboxylic acids is 1. The summed E-state index contributed by atoms with van der Waals surface area (Å²) in [5.74, 6) is 0. The van der Waals surface area contributed by atoms with Gasteiger partial charge in [0.25, 0.3) is 0 Å². The SMILES string of the molecule is COC[C@H]1OC(C)(C)N(C(=O)OC(C)(C)C)[C@@H]1CI. The van der Waals surface area contributed by atoms with Gasteiger partial charge in [0.1, 0.15) is 17.4 Å². The quantitative estimate of drug-likeness (QED) is 0.554. The van der Waals surface area contributed by atoms with E-state index >= 15 is 0 Å². The lowest BCUT2D eigenvalue weighted by molar-refractivity contribution is -0.0894. The molecular formula is C13H24INO4. The molecule has 0 unspecified atom stereocenters. The van der Waals surface area contributed by atoms with Gasteiger partial charge in [-0.2, -0.15) is 0 Å². The molecule has 19 heavy (non-hydrogen) atoms. The van der Waals surface area contributed by atoms with Gasteiger partial charge >= 0.3 is 6.09 Å². The highest BCUT2D eigenvalue weighted by molar-refractivity contribution is 14.1. The van der Waals surface area contributed by atoms with E-state index in [1.807, 2.05) is 34.6 Å². The van der Waals surface area contributed by atoms with Crippen LogP contribution in [0.25, 0.3) is 0 Å². The second-order valence-corrected chi connectivity index (χ2v) is 7.01. The van der Waals surface area contributed by atoms with Crippen LogP contribution >= 0.6 is 22.6 Å². The molecule has 112 valence electrons. The van der Waals surface area contributed by atoms with Crippen molar-refractivity contribution in [2.45, 2.75) is 58.1 Å². The molecule has 5 nitrogen and oxygen atoms in total. The average molecular weight is 385 g/mol. The Morgan fingerprint density at radius 2 is 2.00 bits per heavy atom. The van der Waals surface area contributed by atoms with E-state index in [1.54, 1.807) is 12.0 Å². The third-order valence-electron chi connectivity index (χ3n) is 2.86. The van der Waals surface area contributed by atoms with E-state index in [2.05, 4.69) is 22.6 Å². The zero-order valence-electron chi connectivity index (χ0n) is 12.5. The van der Waals surface area contributed by atoms with Gasteiger partial charge in [-0.15, -0.1) is 0 Å². The smallest absolute Gasteiger partial charge is 0.412 e. The van der Waals surface area contributed by atoms with Crippen LogP contribution in [0.4, 0.5) is 4.79 Å². The normalized spacial score (nSPS) is 26.6. The van der Waals surface area contributed by atoms with Crippen molar-refractivity contribution < 1.29 is 19.0 Å². The summed E-state index contributed by atoms with van der Waals surface area (Å²) in [7, 11) is 1.64. The molecule has 0 aromatic heterocycles. The number of rotatable bonds is 3. The van der Waals surface area contributed by atoms with Gasteiger partial charge in [0.2, 0.25) is 0 Å². The highest BCUT2D eigenvalue weighted by Gasteiger charge is 2.50. The Balaban J connectivity index is 2.92. The zero-order chi connectivity index (χ0) is 14.8. The fourth-order valence-corrected chi connectivity index (χ4v) is 3.18. The van der Waals surface area contributed by atoms with Crippen LogP contribution in [0, 0.1) is 0 Å². The predicted molar refractivity (Wildman–Crippen MR) is 81.6 cm³/mol. The van der Waals surface area contributed by atoms with E-state index in [0.29, 0.717) is 6.61 Å². The molecule has 1 heterocycles. The van der Waals surface area contributed by atoms with Crippen LogP contribution in [0.5, 0.6) is 0 Å². The number of hydrogen-bond donors (Lipinski definition) is 0. The van der Waals surface area contributed by atoms with Crippen molar-refractivity contribution in [3.8, 4) is 0 Å². The number of alkyl halides is 1. The maximum atomic E-state index is 12.4. The number of nitrogens with zero attached hydrogens (tertiary/aromatic N) is 1. The van der Waals surface area contributed by atoms with Crippen molar-refractivity contribution in [3.63, 3.8) is 0 Å². The van der Waals surface area contributed by atoms with E-state index in [1.165, 1.54) is 0 Å². The van der Waals surface area contributed by atoms with Gasteiger partial charge in [-0.3, -0.25) is 4.90 Å². The molecule has 1 fully saturated rings. The molecule has 0 N–H and O–H groups in total. The summed E-state index contributed by atoms with van der Waals surface area (Å²) >= 11 is 2.26. The fraction of sp³-hybridized carbons (Fsp3) is 0.923. The first-order valence-corrected chi connectivity index (χ1v) is 7.90. The minimum Gasteiger partial charge on any atom is -0.444 e. The molecule has 1 aliphatic heterocycles. The van der Waals surface area contributed by atoms with Gasteiger partial charge in [0, 0.05) is 11.5 Å². The standard InChI is InChI=1S/C13H24INO4/c1-12(2,3)19-11(16)15-9(7-14)10(8-17-6)18-13(15,4)5/h9-10H,7-8H2,1-6H3/t9-,10-/m1/s1. The summed E-state index contributed by atoms with van der Waals surface area (Å²) in [4.78, 5) is 14.1. The van der Waals surface area contributed by atoms with Gasteiger partial charge < -0.3 is 14.2 Å². The third kappa shape index (κ3) is 4.19. The van der Waals surface area contributed by atoms with Gasteiger partial charge in [0.05, 0.1) is 12.6 Å². The molecule has 1 rings (SSSR count). The first-order chi connectivity index (χ1) is 8.62. The topological polar surface area (TPSA) is 48.0 Å². The van der Waals surface area contributed by atoms with E-state index in [4.69, 9.17) is 14.2 Å². The van der Waals surface area contributed by atoms with Crippen LogP contribution < -0.4 is 0 Å². The molecule has 0 radical (unpaired) electrons. The summed E-state index contributed by atoms with van der Waals surface area (Å²) in [6.45, 7) is 9.82. The molecule has 2 atom stereocenters. The Hall–Kier alpha value is -0.0800. The number of amides is 1. The molecule has 0 spiro atoms. The van der Waals surface area contributed by atoms with Crippen LogP contribution in [0.15, 0.2) is 0 Å². The number of halogens is 1. The number of ether oxygens (including phenoxy) is 3. The van der Waals surface area contributed by atoms with Crippen molar-refractivity contribution in [2.24, 2.45) is 0 Å². The highest BCUT2D eigenvalue weighted by atomic mass is 127. The molecule has 0 aromatic carbocycles. The number of methoxy groups -OCH3 is 1. The Labute approximate surface area is 129 Å². The van der Waals surface area contributed by atoms with Crippen LogP contribution in [0.1, 0.15) is 34.6 Å². The van der Waals surface area contributed by atoms with Crippen LogP contribution in [-0.4, -0.2) is 52.6 Å². The fourth-order valence-electron chi connectivity index (χ4n) is 2.22. The summed E-state index contributed by atoms with van der Waals surface area (Å²) in [5, 5.41) is 0. The van der Waals surface area contributed by atoms with Crippen LogP contribution in [-0.2, 0) is 14.2 Å². The second-order valence-electron chi connectivity index (χ2n) is 6.13. The zero-order valence-corrected chi connectivity index (χ0v) is 14.7. The summed E-state index contributed by atoms with van der Waals surface area (Å²) < 4.78 is 17.4. The van der Waals surface area contributed by atoms with E-state index in [9.17, 15) is 4.79 Å². The van der Waals surface area contributed by atoms with Crippen molar-refractivity contribution in [2.75, 3.05) is 18.1 Å². The highest BCUT2D eigenvalue weighted by Crippen LogP contribution is 2.34. The minimum absolute atomic E-state index is 0.0367. The van der Waals surface area contributed by atoms with E-state index in [0.717, 1.165) is 4.43 Å². The number of hydrogen-bond acceptors (Lipinski definition) is 4. The Morgan fingerprint density at radius 1 is 1.42 bits per heavy atom. The molecule has 1 aliphatic rings. The minimum atomic E-state index is -0.679. The summed E-state index contributed by atoms with van der Waals surface area (Å²) in [6, 6.07) is -0.0367. The molecule has 0 aromatic rings. The van der Waals surface area contributed by atoms with Crippen molar-refractivity contribution >= 4 is 28.7 Å². The lowest BCUT2D eigenvalue weighted by Gasteiger charge is -2.34. The Bertz CT molecular complexity index is 327. The van der Waals surface area contributed by atoms with Crippen LogP contribution in [0.2, 0.25) is 0 Å². The predicted octanol–water partition coefficient (Wildman–Crippen LogP) is 2.81. The van der Waals surface area contributed by atoms with Crippen molar-refractivity contribution in [3.05, 3.63) is 0 Å². The van der Waals surface area contributed by atoms with E-state index < -0.39 is 11.3 Å². The number of carbonyl (C=O) groups is 1. The molecule has 0 bridgehead atoms. The lowest BCUT2D eigenvalue weighted by atomic mass is 10.1. The monoisotopic (exact) mass is 385 g/mol.